The number of amidine groups is 1. The highest BCUT2D eigenvalue weighted by molar-refractivity contribution is 5.84. The first-order valence-electron chi connectivity index (χ1n) is 7.53. The highest BCUT2D eigenvalue weighted by Crippen LogP contribution is 2.36. The Kier molecular flexibility index (Phi) is 5.13. The minimum atomic E-state index is -2.49. The standard InChI is InChI=1S/C14H25F2N3/c15-14(16)9-7-11(8-10-14)13(19-17)18-12-5-3-1-2-4-6-12/h11-12H,1-10,17H2,(H,18,19). The topological polar surface area (TPSA) is 50.4 Å². The van der Waals surface area contributed by atoms with E-state index in [0.717, 1.165) is 18.7 Å². The Bertz CT molecular complexity index is 300. The van der Waals surface area contributed by atoms with Crippen molar-refractivity contribution in [3.63, 3.8) is 0 Å². The molecular weight excluding hydrogens is 248 g/mol. The summed E-state index contributed by atoms with van der Waals surface area (Å²) in [6, 6.07) is 0.330. The molecule has 2 rings (SSSR count). The molecule has 2 saturated carbocycles. The smallest absolute Gasteiger partial charge is 0.248 e. The molecule has 0 aromatic carbocycles. The molecule has 19 heavy (non-hydrogen) atoms. The van der Waals surface area contributed by atoms with E-state index in [1.807, 2.05) is 0 Å². The zero-order valence-electron chi connectivity index (χ0n) is 11.5. The van der Waals surface area contributed by atoms with E-state index in [0.29, 0.717) is 18.9 Å². The second kappa shape index (κ2) is 6.64. The minimum absolute atomic E-state index is 0.0387. The third kappa shape index (κ3) is 4.41. The van der Waals surface area contributed by atoms with Gasteiger partial charge in [-0.05, 0) is 25.7 Å². The molecule has 3 N–H and O–H groups in total. The summed E-state index contributed by atoms with van der Waals surface area (Å²) in [6.07, 6.45) is 8.11. The first-order valence-corrected chi connectivity index (χ1v) is 7.53. The molecule has 2 fully saturated rings. The van der Waals surface area contributed by atoms with Crippen molar-refractivity contribution >= 4 is 5.84 Å². The van der Waals surface area contributed by atoms with Gasteiger partial charge >= 0.3 is 0 Å². The average molecular weight is 273 g/mol. The van der Waals surface area contributed by atoms with Crippen LogP contribution in [0.4, 0.5) is 8.78 Å². The molecule has 5 heteroatoms. The molecule has 2 aliphatic rings. The average Bonchev–Trinajstić information content (AvgIpc) is 2.65. The van der Waals surface area contributed by atoms with Crippen LogP contribution in [-0.4, -0.2) is 17.8 Å². The lowest BCUT2D eigenvalue weighted by Gasteiger charge is -2.29. The van der Waals surface area contributed by atoms with E-state index in [1.165, 1.54) is 25.7 Å². The van der Waals surface area contributed by atoms with Gasteiger partial charge in [0.1, 0.15) is 5.84 Å². The zero-order valence-corrected chi connectivity index (χ0v) is 11.5. The Labute approximate surface area is 114 Å². The minimum Gasteiger partial charge on any atom is -0.312 e. The number of hydrazine groups is 1. The molecule has 0 aliphatic heterocycles. The molecule has 0 bridgehead atoms. The maximum absolute atomic E-state index is 13.2. The Morgan fingerprint density at radius 3 is 2.11 bits per heavy atom. The van der Waals surface area contributed by atoms with Gasteiger partial charge in [0, 0.05) is 18.8 Å². The van der Waals surface area contributed by atoms with Crippen LogP contribution in [0.1, 0.15) is 64.2 Å². The van der Waals surface area contributed by atoms with Crippen molar-refractivity contribution < 1.29 is 8.78 Å². The van der Waals surface area contributed by atoms with Crippen LogP contribution < -0.4 is 11.3 Å². The van der Waals surface area contributed by atoms with Crippen LogP contribution in [0.25, 0.3) is 0 Å². The molecule has 2 aliphatic carbocycles. The lowest BCUT2D eigenvalue weighted by molar-refractivity contribution is -0.0396. The summed E-state index contributed by atoms with van der Waals surface area (Å²) in [5, 5.41) is 0. The summed E-state index contributed by atoms with van der Waals surface area (Å²) in [6.45, 7) is 0. The van der Waals surface area contributed by atoms with Crippen molar-refractivity contribution in [2.24, 2.45) is 16.8 Å². The molecule has 0 amide bonds. The van der Waals surface area contributed by atoms with E-state index in [9.17, 15) is 8.78 Å². The number of nitrogens with zero attached hydrogens (tertiary/aromatic N) is 1. The molecule has 3 nitrogen and oxygen atoms in total. The van der Waals surface area contributed by atoms with Crippen LogP contribution in [0.15, 0.2) is 4.99 Å². The lowest BCUT2D eigenvalue weighted by atomic mass is 9.86. The number of nitrogens with two attached hydrogens (primary N) is 1. The lowest BCUT2D eigenvalue weighted by Crippen LogP contribution is -2.40. The van der Waals surface area contributed by atoms with Crippen LogP contribution in [-0.2, 0) is 0 Å². The molecule has 0 radical (unpaired) electrons. The fourth-order valence-electron chi connectivity index (χ4n) is 3.16. The number of rotatable bonds is 2. The van der Waals surface area contributed by atoms with Gasteiger partial charge < -0.3 is 5.43 Å². The molecule has 0 aromatic rings. The molecule has 0 spiro atoms. The number of alkyl halides is 2. The van der Waals surface area contributed by atoms with Gasteiger partial charge in [0.25, 0.3) is 0 Å². The highest BCUT2D eigenvalue weighted by atomic mass is 19.3. The van der Waals surface area contributed by atoms with Gasteiger partial charge in [-0.3, -0.25) is 4.99 Å². The number of aliphatic imine (C=N–C) groups is 1. The Morgan fingerprint density at radius 2 is 1.58 bits per heavy atom. The quantitative estimate of drug-likeness (QED) is 0.266. The molecule has 0 atom stereocenters. The molecule has 0 saturated heterocycles. The van der Waals surface area contributed by atoms with Crippen molar-refractivity contribution in [1.29, 1.82) is 0 Å². The van der Waals surface area contributed by atoms with Gasteiger partial charge in [-0.15, -0.1) is 0 Å². The predicted molar refractivity (Wildman–Crippen MR) is 73.2 cm³/mol. The summed E-state index contributed by atoms with van der Waals surface area (Å²) in [7, 11) is 0. The van der Waals surface area contributed by atoms with Gasteiger partial charge in [-0.1, -0.05) is 25.7 Å². The number of hydrogen-bond donors (Lipinski definition) is 2. The first-order chi connectivity index (χ1) is 9.11. The van der Waals surface area contributed by atoms with Crippen molar-refractivity contribution in [1.82, 2.24) is 5.43 Å². The van der Waals surface area contributed by atoms with Gasteiger partial charge in [0.2, 0.25) is 5.92 Å². The van der Waals surface area contributed by atoms with Crippen molar-refractivity contribution in [2.75, 3.05) is 0 Å². The second-order valence-electron chi connectivity index (χ2n) is 5.93. The van der Waals surface area contributed by atoms with Crippen molar-refractivity contribution in [3.05, 3.63) is 0 Å². The number of nitrogens with one attached hydrogen (secondary N) is 1. The predicted octanol–water partition coefficient (Wildman–Crippen LogP) is 3.40. The summed E-state index contributed by atoms with van der Waals surface area (Å²) < 4.78 is 26.3. The van der Waals surface area contributed by atoms with Crippen LogP contribution in [0.3, 0.4) is 0 Å². The zero-order chi connectivity index (χ0) is 13.7. The van der Waals surface area contributed by atoms with Crippen molar-refractivity contribution in [3.8, 4) is 0 Å². The highest BCUT2D eigenvalue weighted by Gasteiger charge is 2.36. The summed E-state index contributed by atoms with van der Waals surface area (Å²) in [4.78, 5) is 4.72. The number of hydrogen-bond acceptors (Lipinski definition) is 2. The monoisotopic (exact) mass is 273 g/mol. The fourth-order valence-corrected chi connectivity index (χ4v) is 3.16. The summed E-state index contributed by atoms with van der Waals surface area (Å²) in [5.74, 6) is 3.91. The molecule has 0 unspecified atom stereocenters. The van der Waals surface area contributed by atoms with Crippen molar-refractivity contribution in [2.45, 2.75) is 76.2 Å². The van der Waals surface area contributed by atoms with E-state index >= 15 is 0 Å². The Morgan fingerprint density at radius 1 is 1.00 bits per heavy atom. The van der Waals surface area contributed by atoms with Crippen LogP contribution in [0, 0.1) is 5.92 Å². The normalized spacial score (nSPS) is 27.0. The Hall–Kier alpha value is -0.710. The van der Waals surface area contributed by atoms with Gasteiger partial charge in [-0.2, -0.15) is 0 Å². The maximum Gasteiger partial charge on any atom is 0.248 e. The molecule has 0 heterocycles. The second-order valence-corrected chi connectivity index (χ2v) is 5.93. The number of halogens is 2. The Balaban J connectivity index is 1.95. The summed E-state index contributed by atoms with van der Waals surface area (Å²) >= 11 is 0. The van der Waals surface area contributed by atoms with Crippen LogP contribution in [0.2, 0.25) is 0 Å². The van der Waals surface area contributed by atoms with E-state index in [1.54, 1.807) is 0 Å². The SMILES string of the molecule is NNC(=NC1CCCCCC1)C1CCC(F)(F)CC1. The first kappa shape index (κ1) is 14.7. The molecule has 0 aromatic heterocycles. The summed E-state index contributed by atoms with van der Waals surface area (Å²) in [5.41, 5.74) is 2.67. The third-order valence-corrected chi connectivity index (χ3v) is 4.40. The van der Waals surface area contributed by atoms with Gasteiger partial charge in [0.15, 0.2) is 0 Å². The maximum atomic E-state index is 13.2. The van der Waals surface area contributed by atoms with Gasteiger partial charge in [0.05, 0.1) is 6.04 Å². The van der Waals surface area contributed by atoms with Gasteiger partial charge in [-0.25, -0.2) is 14.6 Å². The molecular formula is C14H25F2N3. The van der Waals surface area contributed by atoms with E-state index in [4.69, 9.17) is 10.8 Å². The third-order valence-electron chi connectivity index (χ3n) is 4.40. The van der Waals surface area contributed by atoms with Crippen LogP contribution >= 0.6 is 0 Å². The van der Waals surface area contributed by atoms with Crippen LogP contribution in [0.5, 0.6) is 0 Å². The van der Waals surface area contributed by atoms with E-state index in [-0.39, 0.29) is 18.8 Å². The van der Waals surface area contributed by atoms with E-state index < -0.39 is 5.92 Å². The molecule has 110 valence electrons. The van der Waals surface area contributed by atoms with E-state index in [2.05, 4.69) is 5.43 Å². The largest absolute Gasteiger partial charge is 0.312 e. The fraction of sp³-hybridized carbons (Fsp3) is 0.929.